The Bertz CT molecular complexity index is 1860. The molecule has 2 aromatic heterocycles. The molecule has 4 N–H and O–H groups in total. The predicted octanol–water partition coefficient (Wildman–Crippen LogP) is 4.46. The van der Waals surface area contributed by atoms with Crippen LogP contribution in [0.5, 0.6) is 5.75 Å². The highest BCUT2D eigenvalue weighted by Crippen LogP contribution is 2.35. The van der Waals surface area contributed by atoms with Gasteiger partial charge in [-0.05, 0) is 62.6 Å². The van der Waals surface area contributed by atoms with E-state index in [0.717, 1.165) is 11.1 Å². The first-order valence-electron chi connectivity index (χ1n) is 18.0. The summed E-state index contributed by atoms with van der Waals surface area (Å²) in [7, 11) is 0. The quantitative estimate of drug-likeness (QED) is 0.156. The van der Waals surface area contributed by atoms with Gasteiger partial charge in [0.15, 0.2) is 0 Å². The van der Waals surface area contributed by atoms with E-state index in [1.165, 1.54) is 0 Å². The second kappa shape index (κ2) is 16.7. The summed E-state index contributed by atoms with van der Waals surface area (Å²) >= 11 is 0. The predicted molar refractivity (Wildman–Crippen MR) is 194 cm³/mol. The SMILES string of the molecule is CC(C)(c1ccc(-c2ccncc2)o1)N1CCN(CC(O)CC(Cc2ccccc2)C(=O)NC2c3ccccc3OCC2O)C(C(=O)NCC(F)(F)F)C1. The number of pyridine rings is 1. The van der Waals surface area contributed by atoms with E-state index >= 15 is 0 Å². The van der Waals surface area contributed by atoms with Crippen LogP contribution in [0.2, 0.25) is 0 Å². The molecule has 6 rings (SSSR count). The van der Waals surface area contributed by atoms with Crippen LogP contribution in [-0.4, -0.2) is 101 Å². The second-order valence-electron chi connectivity index (χ2n) is 14.4. The van der Waals surface area contributed by atoms with E-state index in [4.69, 9.17) is 9.15 Å². The number of amides is 2. The minimum atomic E-state index is -4.61. The molecule has 0 spiro atoms. The Morgan fingerprint density at radius 2 is 1.70 bits per heavy atom. The summed E-state index contributed by atoms with van der Waals surface area (Å²) in [6.07, 6.45) is -3.13. The molecular formula is C40H46F3N5O6. The Morgan fingerprint density at radius 3 is 2.44 bits per heavy atom. The average Bonchev–Trinajstić information content (AvgIpc) is 3.67. The summed E-state index contributed by atoms with van der Waals surface area (Å²) < 4.78 is 51.6. The lowest BCUT2D eigenvalue weighted by molar-refractivity contribution is -0.144. The minimum Gasteiger partial charge on any atom is -0.490 e. The topological polar surface area (TPSA) is 140 Å². The van der Waals surface area contributed by atoms with Crippen molar-refractivity contribution >= 4 is 11.8 Å². The molecule has 2 amide bonds. The first-order valence-corrected chi connectivity index (χ1v) is 18.0. The molecule has 0 radical (unpaired) electrons. The molecule has 5 atom stereocenters. The number of alkyl halides is 3. The molecule has 0 bridgehead atoms. The number of furan rings is 1. The Kier molecular flexibility index (Phi) is 12.1. The van der Waals surface area contributed by atoms with Gasteiger partial charge < -0.3 is 30.0 Å². The molecular weight excluding hydrogens is 703 g/mol. The molecule has 288 valence electrons. The highest BCUT2D eigenvalue weighted by atomic mass is 19.4. The molecule has 1 fully saturated rings. The lowest BCUT2D eigenvalue weighted by Gasteiger charge is -2.47. The maximum atomic E-state index is 14.0. The van der Waals surface area contributed by atoms with Crippen LogP contribution in [-0.2, 0) is 21.5 Å². The molecule has 1 saturated heterocycles. The number of aromatic nitrogens is 1. The van der Waals surface area contributed by atoms with Gasteiger partial charge in [-0.25, -0.2) is 0 Å². The largest absolute Gasteiger partial charge is 0.490 e. The summed E-state index contributed by atoms with van der Waals surface area (Å²) in [5.41, 5.74) is 1.59. The van der Waals surface area contributed by atoms with E-state index in [2.05, 4.69) is 10.3 Å². The van der Waals surface area contributed by atoms with Crippen LogP contribution in [0.3, 0.4) is 0 Å². The molecule has 54 heavy (non-hydrogen) atoms. The number of halogens is 3. The van der Waals surface area contributed by atoms with Crippen molar-refractivity contribution in [2.45, 2.75) is 62.7 Å². The number of ether oxygens (including phenoxy) is 1. The number of aliphatic hydroxyl groups is 2. The molecule has 5 unspecified atom stereocenters. The Hall–Kier alpha value is -4.76. The minimum absolute atomic E-state index is 0.000334. The Labute approximate surface area is 312 Å². The van der Waals surface area contributed by atoms with E-state index in [1.807, 2.05) is 78.7 Å². The van der Waals surface area contributed by atoms with Crippen LogP contribution >= 0.6 is 0 Å². The fourth-order valence-electron chi connectivity index (χ4n) is 7.24. The van der Waals surface area contributed by atoms with E-state index in [1.54, 1.807) is 41.6 Å². The zero-order valence-electron chi connectivity index (χ0n) is 30.2. The summed E-state index contributed by atoms with van der Waals surface area (Å²) in [5.74, 6) is -0.130. The third kappa shape index (κ3) is 9.48. The molecule has 14 heteroatoms. The van der Waals surface area contributed by atoms with Gasteiger partial charge in [0.2, 0.25) is 11.8 Å². The van der Waals surface area contributed by atoms with Crippen LogP contribution in [0, 0.1) is 5.92 Å². The first kappa shape index (κ1) is 38.9. The molecule has 4 heterocycles. The number of carbonyl (C=O) groups excluding carboxylic acids is 2. The van der Waals surface area contributed by atoms with Crippen molar-refractivity contribution in [2.24, 2.45) is 5.92 Å². The summed E-state index contributed by atoms with van der Waals surface area (Å²) in [6, 6.07) is 22.0. The Balaban J connectivity index is 1.18. The van der Waals surface area contributed by atoms with Crippen LogP contribution < -0.4 is 15.4 Å². The van der Waals surface area contributed by atoms with Gasteiger partial charge >= 0.3 is 6.18 Å². The van der Waals surface area contributed by atoms with Crippen molar-refractivity contribution in [3.8, 4) is 17.1 Å². The molecule has 0 aliphatic carbocycles. The summed E-state index contributed by atoms with van der Waals surface area (Å²) in [4.78, 5) is 35.1. The number of hydrogen-bond donors (Lipinski definition) is 4. The van der Waals surface area contributed by atoms with Gasteiger partial charge in [-0.1, -0.05) is 48.5 Å². The number of nitrogens with zero attached hydrogens (tertiary/aromatic N) is 3. The van der Waals surface area contributed by atoms with E-state index < -0.39 is 54.4 Å². The van der Waals surface area contributed by atoms with Gasteiger partial charge in [0.25, 0.3) is 0 Å². The van der Waals surface area contributed by atoms with Crippen molar-refractivity contribution in [1.29, 1.82) is 0 Å². The van der Waals surface area contributed by atoms with Gasteiger partial charge in [0, 0.05) is 55.6 Å². The van der Waals surface area contributed by atoms with E-state index in [0.29, 0.717) is 29.4 Å². The molecule has 2 aliphatic heterocycles. The van der Waals surface area contributed by atoms with E-state index in [9.17, 15) is 33.0 Å². The maximum Gasteiger partial charge on any atom is 0.405 e. The highest BCUT2D eigenvalue weighted by molar-refractivity contribution is 5.82. The number of fused-ring (bicyclic) bond motifs is 1. The van der Waals surface area contributed by atoms with Crippen LogP contribution in [0.1, 0.15) is 43.2 Å². The number of β-amino-alcohol motifs (C(OH)–C–C–N with tert-alkyl or cyclic N) is 1. The van der Waals surface area contributed by atoms with Crippen LogP contribution in [0.25, 0.3) is 11.3 Å². The number of para-hydroxylation sites is 1. The smallest absolute Gasteiger partial charge is 0.405 e. The summed E-state index contributed by atoms with van der Waals surface area (Å²) in [5, 5.41) is 27.4. The number of carbonyl (C=O) groups is 2. The number of benzene rings is 2. The third-order valence-corrected chi connectivity index (χ3v) is 10.3. The van der Waals surface area contributed by atoms with E-state index in [-0.39, 0.29) is 45.0 Å². The van der Waals surface area contributed by atoms with Gasteiger partial charge in [-0.3, -0.25) is 24.4 Å². The van der Waals surface area contributed by atoms with Crippen molar-refractivity contribution < 1.29 is 42.1 Å². The van der Waals surface area contributed by atoms with Crippen molar-refractivity contribution in [3.05, 3.63) is 108 Å². The fraction of sp³-hybridized carbons (Fsp3) is 0.425. The van der Waals surface area contributed by atoms with Crippen LogP contribution in [0.15, 0.2) is 95.7 Å². The average molecular weight is 750 g/mol. The second-order valence-corrected chi connectivity index (χ2v) is 14.4. The Morgan fingerprint density at radius 1 is 0.981 bits per heavy atom. The number of aliphatic hydroxyl groups excluding tert-OH is 2. The zero-order chi connectivity index (χ0) is 38.5. The van der Waals surface area contributed by atoms with Crippen molar-refractivity contribution in [2.75, 3.05) is 39.3 Å². The number of rotatable bonds is 13. The van der Waals surface area contributed by atoms with Gasteiger partial charge in [-0.2, -0.15) is 13.2 Å². The number of hydrogen-bond acceptors (Lipinski definition) is 9. The molecule has 4 aromatic rings. The normalized spacial score (nSPS) is 20.7. The summed E-state index contributed by atoms with van der Waals surface area (Å²) in [6.45, 7) is 3.04. The maximum absolute atomic E-state index is 14.0. The monoisotopic (exact) mass is 749 g/mol. The van der Waals surface area contributed by atoms with Crippen molar-refractivity contribution in [3.63, 3.8) is 0 Å². The highest BCUT2D eigenvalue weighted by Gasteiger charge is 2.42. The lowest BCUT2D eigenvalue weighted by atomic mass is 9.90. The standard InChI is InChI=1S/C40H46F3N5O6/c1-39(2,35-13-12-33(54-35)27-14-16-44-17-15-27)48-19-18-47(31(23-48)38(52)45-25-40(41,42)43)22-29(49)21-28(20-26-8-4-3-5-9-26)37(51)46-36-30-10-6-7-11-34(30)53-24-32(36)50/h3-17,28-29,31-32,36,49-50H,18-25H2,1-2H3,(H,45,52)(H,46,51). The fourth-order valence-corrected chi connectivity index (χ4v) is 7.24. The molecule has 11 nitrogen and oxygen atoms in total. The van der Waals surface area contributed by atoms with Crippen molar-refractivity contribution in [1.82, 2.24) is 25.4 Å². The lowest BCUT2D eigenvalue weighted by Crippen LogP contribution is -2.63. The van der Waals surface area contributed by atoms with Crippen LogP contribution in [0.4, 0.5) is 13.2 Å². The number of nitrogens with one attached hydrogen (secondary N) is 2. The van der Waals surface area contributed by atoms with Gasteiger partial charge in [0.05, 0.1) is 17.7 Å². The first-order chi connectivity index (χ1) is 25.8. The molecule has 0 saturated carbocycles. The molecule has 2 aliphatic rings. The van der Waals surface area contributed by atoms with Gasteiger partial charge in [0.1, 0.15) is 42.6 Å². The van der Waals surface area contributed by atoms with Gasteiger partial charge in [-0.15, -0.1) is 0 Å². The zero-order valence-corrected chi connectivity index (χ0v) is 30.2. The third-order valence-electron chi connectivity index (χ3n) is 10.3. The number of piperazine rings is 1. The molecule has 2 aromatic carbocycles.